The highest BCUT2D eigenvalue weighted by atomic mass is 35.5. The summed E-state index contributed by atoms with van der Waals surface area (Å²) in [7, 11) is 0. The standard InChI is InChI=1S/C15H22N4O.ClH/c20-15(14-2-1-5-17-14)19-10-8-18(9-11-19)12-13-3-6-16-7-4-13;/h3-4,6-7,14,17H,1-2,5,8-12H2;1H. The first kappa shape index (κ1) is 16.2. The Hall–Kier alpha value is -1.17. The minimum absolute atomic E-state index is 0. The number of carbonyl (C=O) groups is 1. The molecule has 1 N–H and O–H groups in total. The van der Waals surface area contributed by atoms with Crippen LogP contribution in [-0.2, 0) is 11.3 Å². The van der Waals surface area contributed by atoms with Gasteiger partial charge in [-0.3, -0.25) is 14.7 Å². The lowest BCUT2D eigenvalue weighted by atomic mass is 10.1. The van der Waals surface area contributed by atoms with E-state index in [4.69, 9.17) is 0 Å². The van der Waals surface area contributed by atoms with Crippen molar-refractivity contribution in [3.05, 3.63) is 30.1 Å². The van der Waals surface area contributed by atoms with Crippen molar-refractivity contribution < 1.29 is 4.79 Å². The summed E-state index contributed by atoms with van der Waals surface area (Å²) in [6.45, 7) is 5.55. The normalized spacial score (nSPS) is 22.9. The molecule has 1 aromatic heterocycles. The summed E-state index contributed by atoms with van der Waals surface area (Å²) < 4.78 is 0. The first-order valence-electron chi connectivity index (χ1n) is 7.46. The number of piperazine rings is 1. The molecule has 0 aromatic carbocycles. The van der Waals surface area contributed by atoms with Crippen LogP contribution < -0.4 is 5.32 Å². The lowest BCUT2D eigenvalue weighted by Gasteiger charge is -2.36. The molecule has 21 heavy (non-hydrogen) atoms. The number of rotatable bonds is 3. The molecule has 0 aliphatic carbocycles. The van der Waals surface area contributed by atoms with E-state index in [0.29, 0.717) is 5.91 Å². The maximum Gasteiger partial charge on any atom is 0.239 e. The molecule has 5 nitrogen and oxygen atoms in total. The Morgan fingerprint density at radius 3 is 2.57 bits per heavy atom. The summed E-state index contributed by atoms with van der Waals surface area (Å²) >= 11 is 0. The van der Waals surface area contributed by atoms with E-state index < -0.39 is 0 Å². The number of nitrogens with zero attached hydrogens (tertiary/aromatic N) is 3. The van der Waals surface area contributed by atoms with Crippen LogP contribution in [0.1, 0.15) is 18.4 Å². The summed E-state index contributed by atoms with van der Waals surface area (Å²) in [5, 5.41) is 3.29. The predicted octanol–water partition coefficient (Wildman–Crippen LogP) is 0.900. The third-order valence-electron chi connectivity index (χ3n) is 4.20. The summed E-state index contributed by atoms with van der Waals surface area (Å²) in [4.78, 5) is 20.8. The van der Waals surface area contributed by atoms with E-state index in [1.165, 1.54) is 5.56 Å². The van der Waals surface area contributed by atoms with Gasteiger partial charge in [-0.1, -0.05) is 0 Å². The van der Waals surface area contributed by atoms with Gasteiger partial charge < -0.3 is 10.2 Å². The molecule has 1 atom stereocenters. The van der Waals surface area contributed by atoms with Gasteiger partial charge in [-0.15, -0.1) is 12.4 Å². The maximum absolute atomic E-state index is 12.3. The largest absolute Gasteiger partial charge is 0.339 e. The zero-order chi connectivity index (χ0) is 13.8. The fourth-order valence-corrected chi connectivity index (χ4v) is 2.99. The second kappa shape index (κ2) is 7.73. The lowest BCUT2D eigenvalue weighted by Crippen LogP contribution is -2.52. The minimum Gasteiger partial charge on any atom is -0.339 e. The minimum atomic E-state index is 0. The van der Waals surface area contributed by atoms with E-state index in [9.17, 15) is 4.79 Å². The van der Waals surface area contributed by atoms with Gasteiger partial charge in [-0.05, 0) is 37.1 Å². The van der Waals surface area contributed by atoms with Gasteiger partial charge in [-0.25, -0.2) is 0 Å². The van der Waals surface area contributed by atoms with Crippen molar-refractivity contribution in [1.29, 1.82) is 0 Å². The van der Waals surface area contributed by atoms with Crippen LogP contribution in [0.2, 0.25) is 0 Å². The van der Waals surface area contributed by atoms with E-state index in [1.54, 1.807) is 0 Å². The molecule has 116 valence electrons. The molecule has 0 radical (unpaired) electrons. The van der Waals surface area contributed by atoms with Crippen LogP contribution in [-0.4, -0.2) is 59.5 Å². The maximum atomic E-state index is 12.3. The first-order chi connectivity index (χ1) is 9.83. The molecule has 0 spiro atoms. The Morgan fingerprint density at radius 2 is 1.95 bits per heavy atom. The van der Waals surface area contributed by atoms with Crippen LogP contribution in [0.15, 0.2) is 24.5 Å². The van der Waals surface area contributed by atoms with Gasteiger partial charge in [0.2, 0.25) is 5.91 Å². The Labute approximate surface area is 132 Å². The molecule has 2 fully saturated rings. The van der Waals surface area contributed by atoms with Gasteiger partial charge in [-0.2, -0.15) is 0 Å². The SMILES string of the molecule is Cl.O=C(C1CCCN1)N1CCN(Cc2ccncc2)CC1. The van der Waals surface area contributed by atoms with E-state index in [2.05, 4.69) is 27.3 Å². The molecule has 0 saturated carbocycles. The second-order valence-corrected chi connectivity index (χ2v) is 5.61. The van der Waals surface area contributed by atoms with Crippen molar-refractivity contribution in [2.45, 2.75) is 25.4 Å². The first-order valence-corrected chi connectivity index (χ1v) is 7.46. The molecule has 1 unspecified atom stereocenters. The third kappa shape index (κ3) is 4.15. The zero-order valence-electron chi connectivity index (χ0n) is 12.2. The zero-order valence-corrected chi connectivity index (χ0v) is 13.0. The number of hydrogen-bond donors (Lipinski definition) is 1. The highest BCUT2D eigenvalue weighted by Gasteiger charge is 2.28. The van der Waals surface area contributed by atoms with Crippen LogP contribution in [0.5, 0.6) is 0 Å². The smallest absolute Gasteiger partial charge is 0.239 e. The quantitative estimate of drug-likeness (QED) is 0.901. The third-order valence-corrected chi connectivity index (χ3v) is 4.20. The number of carbonyl (C=O) groups excluding carboxylic acids is 1. The molecule has 1 aromatic rings. The van der Waals surface area contributed by atoms with Crippen LogP contribution in [0, 0.1) is 0 Å². The number of aromatic nitrogens is 1. The highest BCUT2D eigenvalue weighted by Crippen LogP contribution is 2.12. The van der Waals surface area contributed by atoms with Crippen molar-refractivity contribution in [3.8, 4) is 0 Å². The highest BCUT2D eigenvalue weighted by molar-refractivity contribution is 5.85. The number of nitrogens with one attached hydrogen (secondary N) is 1. The van der Waals surface area contributed by atoms with Crippen LogP contribution in [0.25, 0.3) is 0 Å². The lowest BCUT2D eigenvalue weighted by molar-refractivity contribution is -0.134. The van der Waals surface area contributed by atoms with Crippen molar-refractivity contribution >= 4 is 18.3 Å². The Morgan fingerprint density at radius 1 is 1.24 bits per heavy atom. The van der Waals surface area contributed by atoms with Crippen LogP contribution >= 0.6 is 12.4 Å². The molecule has 1 amide bonds. The molecular formula is C15H23ClN4O. The van der Waals surface area contributed by atoms with Crippen molar-refractivity contribution in [2.24, 2.45) is 0 Å². The fourth-order valence-electron chi connectivity index (χ4n) is 2.99. The Balaban J connectivity index is 0.00000161. The monoisotopic (exact) mass is 310 g/mol. The van der Waals surface area contributed by atoms with Gasteiger partial charge >= 0.3 is 0 Å². The summed E-state index contributed by atoms with van der Waals surface area (Å²) in [5.41, 5.74) is 1.29. The van der Waals surface area contributed by atoms with Crippen LogP contribution in [0.4, 0.5) is 0 Å². The predicted molar refractivity (Wildman–Crippen MR) is 84.4 cm³/mol. The van der Waals surface area contributed by atoms with Crippen LogP contribution in [0.3, 0.4) is 0 Å². The topological polar surface area (TPSA) is 48.5 Å². The fraction of sp³-hybridized carbons (Fsp3) is 0.600. The molecular weight excluding hydrogens is 288 g/mol. The summed E-state index contributed by atoms with van der Waals surface area (Å²) in [5.74, 6) is 0.297. The molecule has 2 saturated heterocycles. The van der Waals surface area contributed by atoms with E-state index in [1.807, 2.05) is 17.3 Å². The van der Waals surface area contributed by atoms with E-state index >= 15 is 0 Å². The average Bonchev–Trinajstić information content (AvgIpc) is 3.03. The van der Waals surface area contributed by atoms with Gasteiger partial charge in [0.15, 0.2) is 0 Å². The summed E-state index contributed by atoms with van der Waals surface area (Å²) in [6.07, 6.45) is 5.79. The van der Waals surface area contributed by atoms with Gasteiger partial charge in [0.25, 0.3) is 0 Å². The molecule has 3 heterocycles. The van der Waals surface area contributed by atoms with E-state index in [0.717, 1.165) is 52.1 Å². The van der Waals surface area contributed by atoms with Gasteiger partial charge in [0.05, 0.1) is 6.04 Å². The molecule has 2 aliphatic heterocycles. The molecule has 2 aliphatic rings. The molecule has 3 rings (SSSR count). The average molecular weight is 311 g/mol. The Bertz CT molecular complexity index is 442. The van der Waals surface area contributed by atoms with E-state index in [-0.39, 0.29) is 18.4 Å². The van der Waals surface area contributed by atoms with Crippen molar-refractivity contribution in [1.82, 2.24) is 20.1 Å². The number of halogens is 1. The van der Waals surface area contributed by atoms with Gasteiger partial charge in [0, 0.05) is 45.1 Å². The Kier molecular flexibility index (Phi) is 5.96. The summed E-state index contributed by atoms with van der Waals surface area (Å²) in [6, 6.07) is 4.18. The van der Waals surface area contributed by atoms with Crippen molar-refractivity contribution in [2.75, 3.05) is 32.7 Å². The van der Waals surface area contributed by atoms with Gasteiger partial charge in [0.1, 0.15) is 0 Å². The number of amides is 1. The number of pyridine rings is 1. The number of hydrogen-bond acceptors (Lipinski definition) is 4. The molecule has 0 bridgehead atoms. The molecule has 6 heteroatoms. The van der Waals surface area contributed by atoms with Crippen molar-refractivity contribution in [3.63, 3.8) is 0 Å². The second-order valence-electron chi connectivity index (χ2n) is 5.61.